The number of nitrogens with one attached hydrogen (secondary N) is 2. The molecule has 0 atom stereocenters. The number of H-pyrrole nitrogens is 1. The van der Waals surface area contributed by atoms with Gasteiger partial charge in [0, 0.05) is 17.8 Å². The molecule has 1 aromatic carbocycles. The molecule has 6 nitrogen and oxygen atoms in total. The van der Waals surface area contributed by atoms with E-state index in [1.165, 1.54) is 0 Å². The van der Waals surface area contributed by atoms with Crippen molar-refractivity contribution in [2.45, 2.75) is 13.0 Å². The largest absolute Gasteiger partial charge is 0.352 e. The Balaban J connectivity index is 1.58. The number of carbonyl (C=O) groups is 1. The van der Waals surface area contributed by atoms with E-state index in [0.717, 1.165) is 5.56 Å². The number of pyridine rings is 1. The van der Waals surface area contributed by atoms with Crippen LogP contribution in [0.5, 0.6) is 0 Å². The minimum atomic E-state index is -0.159. The highest BCUT2D eigenvalue weighted by atomic mass is 35.5. The first-order valence-corrected chi connectivity index (χ1v) is 7.43. The predicted octanol–water partition coefficient (Wildman–Crippen LogP) is 2.38. The lowest BCUT2D eigenvalue weighted by atomic mass is 10.2. The fraction of sp³-hybridized carbons (Fsp3) is 0.125. The number of hydrogen-bond acceptors (Lipinski definition) is 4. The number of hydrogen-bond donors (Lipinski definition) is 2. The average molecular weight is 328 g/mol. The van der Waals surface area contributed by atoms with E-state index in [1.54, 1.807) is 12.3 Å². The highest BCUT2D eigenvalue weighted by Gasteiger charge is 2.10. The van der Waals surface area contributed by atoms with Crippen molar-refractivity contribution in [1.29, 1.82) is 0 Å². The van der Waals surface area contributed by atoms with Crippen LogP contribution in [-0.2, 0) is 17.8 Å². The predicted molar refractivity (Wildman–Crippen MR) is 86.6 cm³/mol. The van der Waals surface area contributed by atoms with Crippen molar-refractivity contribution in [2.75, 3.05) is 0 Å². The molecule has 3 aromatic rings. The third kappa shape index (κ3) is 3.92. The molecule has 0 saturated carbocycles. The highest BCUT2D eigenvalue weighted by molar-refractivity contribution is 6.31. The first kappa shape index (κ1) is 15.2. The van der Waals surface area contributed by atoms with Crippen LogP contribution in [-0.4, -0.2) is 26.1 Å². The third-order valence-corrected chi connectivity index (χ3v) is 3.56. The molecule has 0 aliphatic rings. The number of amides is 1. The van der Waals surface area contributed by atoms with E-state index in [9.17, 15) is 4.79 Å². The molecule has 2 aromatic heterocycles. The normalized spacial score (nSPS) is 10.5. The fourth-order valence-corrected chi connectivity index (χ4v) is 2.24. The number of halogens is 1. The summed E-state index contributed by atoms with van der Waals surface area (Å²) in [5.41, 5.74) is 1.53. The van der Waals surface area contributed by atoms with Crippen molar-refractivity contribution in [1.82, 2.24) is 25.5 Å². The van der Waals surface area contributed by atoms with E-state index in [2.05, 4.69) is 25.5 Å². The van der Waals surface area contributed by atoms with Gasteiger partial charge in [-0.1, -0.05) is 35.9 Å². The molecule has 0 bridgehead atoms. The third-order valence-electron chi connectivity index (χ3n) is 3.19. The number of aromatic nitrogens is 4. The molecule has 0 unspecified atom stereocenters. The second-order valence-electron chi connectivity index (χ2n) is 4.87. The van der Waals surface area contributed by atoms with Gasteiger partial charge in [0.05, 0.1) is 6.42 Å². The zero-order valence-electron chi connectivity index (χ0n) is 12.2. The van der Waals surface area contributed by atoms with Crippen LogP contribution in [0.3, 0.4) is 0 Å². The Bertz CT molecular complexity index is 803. The molecule has 0 fully saturated rings. The van der Waals surface area contributed by atoms with E-state index in [1.807, 2.05) is 36.4 Å². The zero-order valence-corrected chi connectivity index (χ0v) is 12.9. The van der Waals surface area contributed by atoms with Gasteiger partial charge in [0.15, 0.2) is 5.82 Å². The number of nitrogens with zero attached hydrogens (tertiary/aromatic N) is 3. The Morgan fingerprint density at radius 2 is 2.00 bits per heavy atom. The van der Waals surface area contributed by atoms with E-state index >= 15 is 0 Å². The zero-order chi connectivity index (χ0) is 16.1. The SMILES string of the molecule is O=C(Cc1nc(-c2ccccn2)n[nH]1)NCc1ccccc1Cl. The Labute approximate surface area is 137 Å². The highest BCUT2D eigenvalue weighted by Crippen LogP contribution is 2.14. The van der Waals surface area contributed by atoms with Gasteiger partial charge in [-0.15, -0.1) is 0 Å². The summed E-state index contributed by atoms with van der Waals surface area (Å²) >= 11 is 6.05. The number of rotatable bonds is 5. The maximum absolute atomic E-state index is 12.0. The lowest BCUT2D eigenvalue weighted by Gasteiger charge is -2.05. The molecule has 0 aliphatic heterocycles. The molecule has 0 spiro atoms. The number of aromatic amines is 1. The lowest BCUT2D eigenvalue weighted by Crippen LogP contribution is -2.25. The topological polar surface area (TPSA) is 83.6 Å². The van der Waals surface area contributed by atoms with Gasteiger partial charge in [-0.2, -0.15) is 5.10 Å². The van der Waals surface area contributed by atoms with E-state index in [4.69, 9.17) is 11.6 Å². The van der Waals surface area contributed by atoms with Crippen LogP contribution in [0.2, 0.25) is 5.02 Å². The first-order valence-electron chi connectivity index (χ1n) is 7.05. The maximum Gasteiger partial charge on any atom is 0.227 e. The van der Waals surface area contributed by atoms with Crippen molar-refractivity contribution < 1.29 is 4.79 Å². The molecule has 2 N–H and O–H groups in total. The minimum absolute atomic E-state index is 0.115. The van der Waals surface area contributed by atoms with Crippen LogP contribution in [0.15, 0.2) is 48.7 Å². The molecule has 23 heavy (non-hydrogen) atoms. The Morgan fingerprint density at radius 3 is 2.78 bits per heavy atom. The average Bonchev–Trinajstić information content (AvgIpc) is 3.03. The van der Waals surface area contributed by atoms with Crippen molar-refractivity contribution in [2.24, 2.45) is 0 Å². The first-order chi connectivity index (χ1) is 11.2. The molecular weight excluding hydrogens is 314 g/mol. The standard InChI is InChI=1S/C16H14ClN5O/c17-12-6-2-1-5-11(12)10-19-15(23)9-14-20-16(22-21-14)13-7-3-4-8-18-13/h1-8H,9-10H2,(H,19,23)(H,20,21,22). The molecule has 0 radical (unpaired) electrons. The molecule has 0 aliphatic carbocycles. The number of carbonyl (C=O) groups excluding carboxylic acids is 1. The van der Waals surface area contributed by atoms with E-state index < -0.39 is 0 Å². The Kier molecular flexibility index (Phi) is 4.63. The molecule has 3 rings (SSSR count). The molecular formula is C16H14ClN5O. The van der Waals surface area contributed by atoms with Crippen LogP contribution < -0.4 is 5.32 Å². The summed E-state index contributed by atoms with van der Waals surface area (Å²) in [6.45, 7) is 0.375. The summed E-state index contributed by atoms with van der Waals surface area (Å²) in [5, 5.41) is 10.3. The van der Waals surface area contributed by atoms with Crippen LogP contribution in [0.25, 0.3) is 11.5 Å². The Morgan fingerprint density at radius 1 is 1.17 bits per heavy atom. The second-order valence-corrected chi connectivity index (χ2v) is 5.27. The summed E-state index contributed by atoms with van der Waals surface area (Å²) < 4.78 is 0. The monoisotopic (exact) mass is 327 g/mol. The Hall–Kier alpha value is -2.73. The number of benzene rings is 1. The van der Waals surface area contributed by atoms with Gasteiger partial charge in [0.25, 0.3) is 0 Å². The van der Waals surface area contributed by atoms with Gasteiger partial charge in [-0.05, 0) is 23.8 Å². The van der Waals surface area contributed by atoms with Crippen molar-refractivity contribution in [3.63, 3.8) is 0 Å². The van der Waals surface area contributed by atoms with Gasteiger partial charge in [-0.3, -0.25) is 14.9 Å². The minimum Gasteiger partial charge on any atom is -0.352 e. The van der Waals surface area contributed by atoms with Crippen molar-refractivity contribution >= 4 is 17.5 Å². The van der Waals surface area contributed by atoms with Crippen LogP contribution in [0.4, 0.5) is 0 Å². The van der Waals surface area contributed by atoms with Gasteiger partial charge >= 0.3 is 0 Å². The smallest absolute Gasteiger partial charge is 0.227 e. The van der Waals surface area contributed by atoms with Gasteiger partial charge in [0.1, 0.15) is 11.5 Å². The summed E-state index contributed by atoms with van der Waals surface area (Å²) in [5.74, 6) is 0.801. The quantitative estimate of drug-likeness (QED) is 0.753. The maximum atomic E-state index is 12.0. The van der Waals surface area contributed by atoms with E-state index in [0.29, 0.717) is 28.9 Å². The molecule has 7 heteroatoms. The van der Waals surface area contributed by atoms with Crippen molar-refractivity contribution in [3.8, 4) is 11.5 Å². The van der Waals surface area contributed by atoms with Gasteiger partial charge in [0.2, 0.25) is 5.91 Å². The summed E-state index contributed by atoms with van der Waals surface area (Å²) in [4.78, 5) is 20.4. The van der Waals surface area contributed by atoms with Crippen molar-refractivity contribution in [3.05, 3.63) is 65.1 Å². The van der Waals surface area contributed by atoms with Gasteiger partial charge < -0.3 is 5.32 Å². The second kappa shape index (κ2) is 7.02. The van der Waals surface area contributed by atoms with Crippen LogP contribution in [0.1, 0.15) is 11.4 Å². The summed E-state index contributed by atoms with van der Waals surface area (Å²) in [6.07, 6.45) is 1.78. The summed E-state index contributed by atoms with van der Waals surface area (Å²) in [6, 6.07) is 12.9. The molecule has 2 heterocycles. The van der Waals surface area contributed by atoms with Gasteiger partial charge in [-0.25, -0.2) is 4.98 Å². The molecule has 1 amide bonds. The fourth-order valence-electron chi connectivity index (χ4n) is 2.03. The lowest BCUT2D eigenvalue weighted by molar-refractivity contribution is -0.120. The molecule has 116 valence electrons. The van der Waals surface area contributed by atoms with Crippen LogP contribution >= 0.6 is 11.6 Å². The molecule has 0 saturated heterocycles. The summed E-state index contributed by atoms with van der Waals surface area (Å²) in [7, 11) is 0. The van der Waals surface area contributed by atoms with E-state index in [-0.39, 0.29) is 12.3 Å². The van der Waals surface area contributed by atoms with Crippen LogP contribution in [0, 0.1) is 0 Å².